The number of nitrogens with one attached hydrogen (secondary N) is 1. The minimum absolute atomic E-state index is 0.113. The van der Waals surface area contributed by atoms with E-state index in [1.807, 2.05) is 18.4 Å². The van der Waals surface area contributed by atoms with Crippen molar-refractivity contribution in [2.75, 3.05) is 5.73 Å². The number of nitrogen functional groups attached to an aromatic ring is 1. The maximum Gasteiger partial charge on any atom is 0.253 e. The molecule has 0 saturated carbocycles. The quantitative estimate of drug-likeness (QED) is 0.837. The number of hydrogen-bond donors (Lipinski definition) is 2. The van der Waals surface area contributed by atoms with Crippen LogP contribution in [0.25, 0.3) is 0 Å². The van der Waals surface area contributed by atoms with Crippen LogP contribution in [0.3, 0.4) is 0 Å². The van der Waals surface area contributed by atoms with Crippen molar-refractivity contribution in [3.8, 4) is 0 Å². The topological polar surface area (TPSA) is 55.1 Å². The van der Waals surface area contributed by atoms with Gasteiger partial charge in [-0.25, -0.2) is 4.39 Å². The average molecular weight is 264 g/mol. The van der Waals surface area contributed by atoms with Crippen LogP contribution in [0.15, 0.2) is 29.6 Å². The predicted molar refractivity (Wildman–Crippen MR) is 71.0 cm³/mol. The number of para-hydroxylation sites is 1. The number of carbonyl (C=O) groups excluding carboxylic acids is 1. The van der Waals surface area contributed by atoms with Gasteiger partial charge in [-0.3, -0.25) is 4.79 Å². The summed E-state index contributed by atoms with van der Waals surface area (Å²) in [5.41, 5.74) is 6.72. The minimum Gasteiger partial charge on any atom is -0.396 e. The van der Waals surface area contributed by atoms with Crippen LogP contribution >= 0.6 is 11.3 Å². The summed E-state index contributed by atoms with van der Waals surface area (Å²) in [6.45, 7) is 2.41. The Morgan fingerprint density at radius 2 is 2.22 bits per heavy atom. The molecule has 1 aromatic carbocycles. The number of benzene rings is 1. The smallest absolute Gasteiger partial charge is 0.253 e. The lowest BCUT2D eigenvalue weighted by atomic mass is 10.1. The van der Waals surface area contributed by atoms with E-state index in [0.717, 1.165) is 10.4 Å². The molecule has 1 aromatic heterocycles. The van der Waals surface area contributed by atoms with Gasteiger partial charge >= 0.3 is 0 Å². The first-order chi connectivity index (χ1) is 8.59. The largest absolute Gasteiger partial charge is 0.396 e. The summed E-state index contributed by atoms with van der Waals surface area (Å²) < 4.78 is 13.2. The fraction of sp³-hybridized carbons (Fsp3) is 0.154. The molecule has 0 fully saturated rings. The summed E-state index contributed by atoms with van der Waals surface area (Å²) in [5.74, 6) is -0.935. The van der Waals surface area contributed by atoms with Gasteiger partial charge in [-0.15, -0.1) is 11.3 Å². The molecule has 0 atom stereocenters. The van der Waals surface area contributed by atoms with Gasteiger partial charge in [0.05, 0.1) is 17.8 Å². The van der Waals surface area contributed by atoms with E-state index in [1.54, 1.807) is 11.3 Å². The molecule has 3 nitrogen and oxygen atoms in total. The van der Waals surface area contributed by atoms with Crippen molar-refractivity contribution in [3.05, 3.63) is 51.5 Å². The van der Waals surface area contributed by atoms with Crippen LogP contribution < -0.4 is 11.1 Å². The van der Waals surface area contributed by atoms with Gasteiger partial charge in [0.1, 0.15) is 5.82 Å². The molecular formula is C13H13FN2OS. The van der Waals surface area contributed by atoms with Crippen LogP contribution in [-0.4, -0.2) is 5.91 Å². The predicted octanol–water partition coefficient (Wildman–Crippen LogP) is 2.71. The van der Waals surface area contributed by atoms with Crippen molar-refractivity contribution in [3.63, 3.8) is 0 Å². The summed E-state index contributed by atoms with van der Waals surface area (Å²) >= 11 is 1.57. The molecule has 2 rings (SSSR count). The average Bonchev–Trinajstić information content (AvgIpc) is 2.75. The molecule has 0 saturated heterocycles. The molecule has 94 valence electrons. The summed E-state index contributed by atoms with van der Waals surface area (Å²) in [6, 6.07) is 6.20. The van der Waals surface area contributed by atoms with E-state index >= 15 is 0 Å². The van der Waals surface area contributed by atoms with Crippen molar-refractivity contribution in [1.29, 1.82) is 0 Å². The van der Waals surface area contributed by atoms with Gasteiger partial charge in [0, 0.05) is 4.88 Å². The lowest BCUT2D eigenvalue weighted by molar-refractivity contribution is 0.0952. The second-order valence-electron chi connectivity index (χ2n) is 3.91. The summed E-state index contributed by atoms with van der Waals surface area (Å²) in [7, 11) is 0. The third-order valence-electron chi connectivity index (χ3n) is 2.68. The molecule has 0 bridgehead atoms. The number of halogens is 1. The fourth-order valence-corrected chi connectivity index (χ4v) is 2.42. The molecule has 1 heterocycles. The first-order valence-electron chi connectivity index (χ1n) is 5.44. The zero-order valence-electron chi connectivity index (χ0n) is 9.87. The van der Waals surface area contributed by atoms with Gasteiger partial charge in [-0.2, -0.15) is 0 Å². The molecule has 0 spiro atoms. The summed E-state index contributed by atoms with van der Waals surface area (Å²) in [5, 5.41) is 4.70. The molecule has 0 aliphatic carbocycles. The van der Waals surface area contributed by atoms with Crippen molar-refractivity contribution < 1.29 is 9.18 Å². The van der Waals surface area contributed by atoms with E-state index in [0.29, 0.717) is 6.54 Å². The van der Waals surface area contributed by atoms with Crippen LogP contribution in [0.4, 0.5) is 10.1 Å². The minimum atomic E-state index is -0.574. The molecule has 0 unspecified atom stereocenters. The summed E-state index contributed by atoms with van der Waals surface area (Å²) in [6.07, 6.45) is 0. The number of amides is 1. The Morgan fingerprint density at radius 3 is 2.89 bits per heavy atom. The van der Waals surface area contributed by atoms with Crippen molar-refractivity contribution in [1.82, 2.24) is 5.32 Å². The number of carbonyl (C=O) groups is 1. The van der Waals surface area contributed by atoms with Crippen molar-refractivity contribution in [2.24, 2.45) is 0 Å². The number of aryl methyl sites for hydroxylation is 1. The van der Waals surface area contributed by atoms with E-state index in [1.165, 1.54) is 18.2 Å². The molecule has 0 radical (unpaired) electrons. The molecule has 18 heavy (non-hydrogen) atoms. The molecular weight excluding hydrogens is 251 g/mol. The maximum atomic E-state index is 13.2. The Labute approximate surface area is 108 Å². The van der Waals surface area contributed by atoms with Gasteiger partial charge in [0.15, 0.2) is 0 Å². The molecule has 2 aromatic rings. The molecule has 5 heteroatoms. The van der Waals surface area contributed by atoms with Crippen LogP contribution in [0.2, 0.25) is 0 Å². The Morgan fingerprint density at radius 1 is 1.44 bits per heavy atom. The molecule has 1 amide bonds. The zero-order chi connectivity index (χ0) is 13.1. The highest BCUT2D eigenvalue weighted by atomic mass is 32.1. The second-order valence-corrected chi connectivity index (χ2v) is 4.91. The van der Waals surface area contributed by atoms with E-state index in [9.17, 15) is 9.18 Å². The fourth-order valence-electron chi connectivity index (χ4n) is 1.58. The third kappa shape index (κ3) is 2.51. The standard InChI is InChI=1S/C13H13FN2OS/c1-8-5-6-18-11(8)7-16-13(17)9-3-2-4-10(14)12(9)15/h2-6H,7,15H2,1H3,(H,16,17). The van der Waals surface area contributed by atoms with Gasteiger partial charge in [-0.1, -0.05) is 6.07 Å². The normalized spacial score (nSPS) is 10.3. The Hall–Kier alpha value is -1.88. The lowest BCUT2D eigenvalue weighted by Gasteiger charge is -2.07. The number of anilines is 1. The highest BCUT2D eigenvalue weighted by Crippen LogP contribution is 2.17. The highest BCUT2D eigenvalue weighted by molar-refractivity contribution is 7.10. The Kier molecular flexibility index (Phi) is 3.62. The number of hydrogen-bond acceptors (Lipinski definition) is 3. The molecule has 3 N–H and O–H groups in total. The van der Waals surface area contributed by atoms with Gasteiger partial charge in [-0.05, 0) is 36.1 Å². The van der Waals surface area contributed by atoms with Gasteiger partial charge in [0.2, 0.25) is 0 Å². The highest BCUT2D eigenvalue weighted by Gasteiger charge is 2.12. The van der Waals surface area contributed by atoms with E-state index in [4.69, 9.17) is 5.73 Å². The van der Waals surface area contributed by atoms with E-state index < -0.39 is 5.82 Å². The van der Waals surface area contributed by atoms with Crippen LogP contribution in [0.5, 0.6) is 0 Å². The Balaban J connectivity index is 2.09. The van der Waals surface area contributed by atoms with E-state index in [2.05, 4.69) is 5.32 Å². The van der Waals surface area contributed by atoms with Gasteiger partial charge < -0.3 is 11.1 Å². The van der Waals surface area contributed by atoms with Crippen LogP contribution in [-0.2, 0) is 6.54 Å². The number of thiophene rings is 1. The first-order valence-corrected chi connectivity index (χ1v) is 6.32. The zero-order valence-corrected chi connectivity index (χ0v) is 10.7. The number of nitrogens with two attached hydrogens (primary N) is 1. The Bertz CT molecular complexity index is 580. The van der Waals surface area contributed by atoms with Crippen molar-refractivity contribution >= 4 is 22.9 Å². The van der Waals surface area contributed by atoms with Crippen LogP contribution in [0.1, 0.15) is 20.8 Å². The van der Waals surface area contributed by atoms with E-state index in [-0.39, 0.29) is 17.2 Å². The molecule has 0 aliphatic heterocycles. The lowest BCUT2D eigenvalue weighted by Crippen LogP contribution is -2.24. The number of rotatable bonds is 3. The second kappa shape index (κ2) is 5.18. The third-order valence-corrected chi connectivity index (χ3v) is 3.70. The summed E-state index contributed by atoms with van der Waals surface area (Å²) in [4.78, 5) is 13.0. The molecule has 0 aliphatic rings. The monoisotopic (exact) mass is 264 g/mol. The SMILES string of the molecule is Cc1ccsc1CNC(=O)c1cccc(F)c1N. The van der Waals surface area contributed by atoms with Crippen molar-refractivity contribution in [2.45, 2.75) is 13.5 Å². The maximum absolute atomic E-state index is 13.2. The van der Waals surface area contributed by atoms with Crippen LogP contribution in [0, 0.1) is 12.7 Å². The van der Waals surface area contributed by atoms with Gasteiger partial charge in [0.25, 0.3) is 5.91 Å². The first kappa shape index (κ1) is 12.6.